The molecular formula is C62H71Cl4LiN6O9S2. The van der Waals surface area contributed by atoms with Crippen LogP contribution in [-0.4, -0.2) is 84.7 Å². The topological polar surface area (TPSA) is 188 Å². The number of hydrogen-bond donors (Lipinski definition) is 1. The third kappa shape index (κ3) is 18.5. The molecule has 15 nitrogen and oxygen atoms in total. The fourth-order valence-corrected chi connectivity index (χ4v) is 12.2. The molecule has 2 N–H and O–H groups in total. The molecule has 4 heterocycles. The zero-order valence-electron chi connectivity index (χ0n) is 49.5. The first kappa shape index (κ1) is 69.2. The van der Waals surface area contributed by atoms with E-state index in [2.05, 4.69) is 32.6 Å². The molecule has 0 unspecified atom stereocenters. The molecule has 0 spiro atoms. The van der Waals surface area contributed by atoms with Crippen molar-refractivity contribution >= 4 is 125 Å². The molecule has 0 saturated heterocycles. The summed E-state index contributed by atoms with van der Waals surface area (Å²) in [5, 5.41) is 14.7. The predicted octanol–water partition coefficient (Wildman–Crippen LogP) is 14.4. The van der Waals surface area contributed by atoms with E-state index in [1.54, 1.807) is 54.1 Å². The number of hydrogen-bond acceptors (Lipinski definition) is 14. The Morgan fingerprint density at radius 1 is 0.607 bits per heavy atom. The molecule has 0 aliphatic carbocycles. The molecule has 0 bridgehead atoms. The SMILES string of the molecule is CC(C)Cc1sc(N(CCC(=O)O)Cc2cccc3c2ccn3C(=O)OC(C)(C)C)nc1-c1ccc(Cl)c(Cl)c1.CCOC(=O)CCN(Cc1cccc2c1ccn2C(=O)OC(C)(C)C)c1nc(-c2ccc(Cl)c(Cl)c2)c(CC(C)C)s1.[Li+].[OH-]. The zero-order valence-corrected chi connectivity index (χ0v) is 54.2. The van der Waals surface area contributed by atoms with Gasteiger partial charge in [-0.15, -0.1) is 22.7 Å². The van der Waals surface area contributed by atoms with E-state index in [0.717, 1.165) is 88.3 Å². The number of fused-ring (bicyclic) bond motifs is 2. The molecule has 8 rings (SSSR count). The second kappa shape index (κ2) is 30.2. The molecule has 4 aromatic heterocycles. The maximum Gasteiger partial charge on any atom is 1.00 e. The number of carbonyl (C=O) groups is 4. The van der Waals surface area contributed by atoms with E-state index in [9.17, 15) is 24.3 Å². The van der Waals surface area contributed by atoms with Gasteiger partial charge in [0, 0.05) is 70.2 Å². The van der Waals surface area contributed by atoms with Gasteiger partial charge in [-0.05, 0) is 133 Å². The van der Waals surface area contributed by atoms with Gasteiger partial charge in [0.2, 0.25) is 0 Å². The molecule has 0 atom stereocenters. The van der Waals surface area contributed by atoms with Crippen molar-refractivity contribution in [1.29, 1.82) is 0 Å². The molecule has 0 aliphatic rings. The summed E-state index contributed by atoms with van der Waals surface area (Å²) in [5.74, 6) is -0.346. The van der Waals surface area contributed by atoms with Crippen molar-refractivity contribution in [2.75, 3.05) is 29.5 Å². The molecule has 84 heavy (non-hydrogen) atoms. The number of halogens is 4. The average molecular weight is 1260 g/mol. The summed E-state index contributed by atoms with van der Waals surface area (Å²) in [4.78, 5) is 66.1. The number of thiazole rings is 2. The van der Waals surface area contributed by atoms with E-state index in [0.29, 0.717) is 58.2 Å². The number of carbonyl (C=O) groups excluding carboxylic acids is 3. The minimum absolute atomic E-state index is 0. The van der Waals surface area contributed by atoms with Gasteiger partial charge in [-0.2, -0.15) is 0 Å². The Balaban J connectivity index is 0.000000300. The number of rotatable bonds is 19. The maximum atomic E-state index is 12.9. The molecule has 4 aromatic carbocycles. The van der Waals surface area contributed by atoms with E-state index >= 15 is 0 Å². The maximum absolute atomic E-state index is 12.9. The number of benzene rings is 4. The van der Waals surface area contributed by atoms with E-state index in [4.69, 9.17) is 70.6 Å². The normalized spacial score (nSPS) is 11.5. The van der Waals surface area contributed by atoms with Gasteiger partial charge in [0.25, 0.3) is 0 Å². The van der Waals surface area contributed by atoms with Crippen LogP contribution in [0.1, 0.15) is 110 Å². The van der Waals surface area contributed by atoms with Gasteiger partial charge in [-0.3, -0.25) is 18.7 Å². The molecule has 0 aliphatic heterocycles. The van der Waals surface area contributed by atoms with Crippen LogP contribution in [0.2, 0.25) is 20.1 Å². The quantitative estimate of drug-likeness (QED) is 0.0458. The number of carboxylic acids is 1. The predicted molar refractivity (Wildman–Crippen MR) is 337 cm³/mol. The second-order valence-electron chi connectivity index (χ2n) is 22.6. The van der Waals surface area contributed by atoms with Crippen molar-refractivity contribution in [3.8, 4) is 22.5 Å². The van der Waals surface area contributed by atoms with Crippen molar-refractivity contribution in [3.05, 3.63) is 138 Å². The first-order valence-electron chi connectivity index (χ1n) is 27.1. The number of anilines is 2. The Hall–Kier alpha value is -5.58. The number of ether oxygens (including phenoxy) is 3. The van der Waals surface area contributed by atoms with Crippen LogP contribution in [0.15, 0.2) is 97.3 Å². The van der Waals surface area contributed by atoms with Crippen molar-refractivity contribution in [3.63, 3.8) is 0 Å². The minimum atomic E-state index is -0.886. The van der Waals surface area contributed by atoms with Gasteiger partial charge in [-0.1, -0.05) is 110 Å². The number of aliphatic carboxylic acids is 1. The van der Waals surface area contributed by atoms with E-state index in [-0.39, 0.29) is 49.7 Å². The van der Waals surface area contributed by atoms with Gasteiger partial charge in [0.15, 0.2) is 10.3 Å². The molecule has 0 amide bonds. The van der Waals surface area contributed by atoms with Gasteiger partial charge in [0.1, 0.15) is 11.2 Å². The van der Waals surface area contributed by atoms with E-state index in [1.807, 2.05) is 119 Å². The Bertz CT molecular complexity index is 3580. The summed E-state index contributed by atoms with van der Waals surface area (Å²) in [6, 6.07) is 26.4. The van der Waals surface area contributed by atoms with Crippen LogP contribution >= 0.6 is 69.1 Å². The van der Waals surface area contributed by atoms with Gasteiger partial charge in [0.05, 0.1) is 62.0 Å². The first-order chi connectivity index (χ1) is 38.7. The van der Waals surface area contributed by atoms with Crippen molar-refractivity contribution in [2.45, 2.75) is 126 Å². The molecule has 0 fully saturated rings. The molecule has 444 valence electrons. The van der Waals surface area contributed by atoms with Crippen molar-refractivity contribution < 1.29 is 62.8 Å². The Morgan fingerprint density at radius 2 is 1.01 bits per heavy atom. The Kier molecular flexibility index (Phi) is 24.8. The summed E-state index contributed by atoms with van der Waals surface area (Å²) in [7, 11) is 0. The van der Waals surface area contributed by atoms with E-state index < -0.39 is 29.4 Å². The number of esters is 1. The first-order valence-corrected chi connectivity index (χ1v) is 30.2. The van der Waals surface area contributed by atoms with Crippen LogP contribution in [0, 0.1) is 11.8 Å². The fraction of sp³-hybridized carbons (Fsp3) is 0.387. The second-order valence-corrected chi connectivity index (χ2v) is 26.3. The van der Waals surface area contributed by atoms with Crippen LogP contribution in [0.3, 0.4) is 0 Å². The number of nitrogens with zero attached hydrogens (tertiary/aromatic N) is 6. The van der Waals surface area contributed by atoms with Crippen LogP contribution in [0.4, 0.5) is 19.9 Å². The summed E-state index contributed by atoms with van der Waals surface area (Å²) in [6.07, 6.45) is 4.38. The smallest absolute Gasteiger partial charge is 0.870 e. The van der Waals surface area contributed by atoms with Crippen molar-refractivity contribution in [1.82, 2.24) is 19.1 Å². The summed E-state index contributed by atoms with van der Waals surface area (Å²) >= 11 is 28.2. The van der Waals surface area contributed by atoms with Crippen molar-refractivity contribution in [2.24, 2.45) is 11.8 Å². The average Bonchev–Trinajstić information content (AvgIpc) is 4.43. The third-order valence-corrected chi connectivity index (χ3v) is 16.3. The Morgan fingerprint density at radius 3 is 1.37 bits per heavy atom. The molecule has 0 saturated carbocycles. The standard InChI is InChI=1S/C32H37Cl2N3O4S.C30H33Cl2N3O4S.Li.H2O/c1-7-40-28(38)14-15-36(19-22-9-8-10-26-23(22)13-16-37(26)31(39)41-32(4,5)6)30-35-29(27(42-30)17-20(2)3)21-11-12-24(33)25(34)18-21;1-18(2)15-25-27(19-9-10-22(31)23(32)16-19)33-28(40-25)34(13-12-26(36)37)17-20-7-6-8-24-21(20)11-14-35(24)29(38)39-30(3,4)5;;/h8-13,16,18,20H,7,14-15,17,19H2,1-6H3;6-11,14,16,18H,12-13,15,17H2,1-5H3,(H,36,37);;1H2/q;;+1;/p-1. The summed E-state index contributed by atoms with van der Waals surface area (Å²) in [5.41, 5.74) is 5.62. The number of carboxylic acid groups (broad SMARTS) is 1. The number of aromatic nitrogens is 4. The van der Waals surface area contributed by atoms with Crippen LogP contribution < -0.4 is 28.7 Å². The monoisotopic (exact) mass is 1250 g/mol. The Labute approximate surface area is 531 Å². The fourth-order valence-electron chi connectivity index (χ4n) is 8.97. The largest absolute Gasteiger partial charge is 1.00 e. The third-order valence-electron chi connectivity index (χ3n) is 12.5. The van der Waals surface area contributed by atoms with Crippen LogP contribution in [-0.2, 0) is 49.7 Å². The van der Waals surface area contributed by atoms with Crippen LogP contribution in [0.25, 0.3) is 44.3 Å². The molecule has 0 radical (unpaired) electrons. The minimum Gasteiger partial charge on any atom is -0.870 e. The van der Waals surface area contributed by atoms with Gasteiger partial charge < -0.3 is 34.6 Å². The van der Waals surface area contributed by atoms with E-state index in [1.165, 1.54) is 9.13 Å². The summed E-state index contributed by atoms with van der Waals surface area (Å²) < 4.78 is 19.4. The molecule has 8 aromatic rings. The van der Waals surface area contributed by atoms with Crippen LogP contribution in [0.5, 0.6) is 0 Å². The van der Waals surface area contributed by atoms with Gasteiger partial charge in [-0.25, -0.2) is 19.6 Å². The summed E-state index contributed by atoms with van der Waals surface area (Å²) in [6.45, 7) is 23.4. The van der Waals surface area contributed by atoms with Gasteiger partial charge >= 0.3 is 43.0 Å². The molecule has 22 heteroatoms. The zero-order chi connectivity index (χ0) is 59.8. The molecular weight excluding hydrogens is 1190 g/mol.